The van der Waals surface area contributed by atoms with Gasteiger partial charge in [-0.3, -0.25) is 9.78 Å². The van der Waals surface area contributed by atoms with Gasteiger partial charge in [-0.05, 0) is 43.2 Å². The van der Waals surface area contributed by atoms with Crippen LogP contribution in [0.5, 0.6) is 0 Å². The Hall–Kier alpha value is -3.02. The van der Waals surface area contributed by atoms with E-state index >= 15 is 0 Å². The second-order valence-electron chi connectivity index (χ2n) is 5.35. The number of hydrogen-bond acceptors (Lipinski definition) is 4. The molecule has 3 aromatic rings. The molecule has 0 unspecified atom stereocenters. The molecule has 2 heterocycles. The zero-order valence-corrected chi connectivity index (χ0v) is 13.5. The van der Waals surface area contributed by atoms with Gasteiger partial charge in [-0.1, -0.05) is 18.2 Å². The molecule has 0 spiro atoms. The van der Waals surface area contributed by atoms with Crippen molar-refractivity contribution in [1.82, 2.24) is 24.9 Å². The molecule has 122 valence electrons. The van der Waals surface area contributed by atoms with E-state index in [-0.39, 0.29) is 5.91 Å². The molecule has 6 heteroatoms. The number of carbonyl (C=O) groups is 1. The molecule has 2 aromatic heterocycles. The monoisotopic (exact) mass is 321 g/mol. The fourth-order valence-electron chi connectivity index (χ4n) is 2.43. The molecule has 1 aromatic carbocycles. The van der Waals surface area contributed by atoms with Crippen LogP contribution in [0.25, 0.3) is 5.69 Å². The van der Waals surface area contributed by atoms with Gasteiger partial charge in [-0.25, -0.2) is 0 Å². The Kier molecular flexibility index (Phi) is 4.96. The smallest absolute Gasteiger partial charge is 0.276 e. The first kappa shape index (κ1) is 15.9. The maximum Gasteiger partial charge on any atom is 0.276 e. The van der Waals surface area contributed by atoms with E-state index in [4.69, 9.17) is 0 Å². The number of hydrogen-bond donors (Lipinski definition) is 0. The molecule has 0 saturated heterocycles. The van der Waals surface area contributed by atoms with Gasteiger partial charge in [0.2, 0.25) is 0 Å². The predicted molar refractivity (Wildman–Crippen MR) is 90.9 cm³/mol. The van der Waals surface area contributed by atoms with Gasteiger partial charge >= 0.3 is 0 Å². The Bertz CT molecular complexity index is 785. The highest BCUT2D eigenvalue weighted by Gasteiger charge is 2.18. The number of likely N-dealkylation sites (N-methyl/N-ethyl adjacent to an activating group) is 1. The van der Waals surface area contributed by atoms with Gasteiger partial charge < -0.3 is 4.90 Å². The Morgan fingerprint density at radius 1 is 1.12 bits per heavy atom. The number of amides is 1. The summed E-state index contributed by atoms with van der Waals surface area (Å²) in [5.41, 5.74) is 2.34. The van der Waals surface area contributed by atoms with E-state index in [0.29, 0.717) is 18.8 Å². The van der Waals surface area contributed by atoms with E-state index in [1.54, 1.807) is 17.3 Å². The normalized spacial score (nSPS) is 10.5. The van der Waals surface area contributed by atoms with E-state index in [9.17, 15) is 4.79 Å². The average Bonchev–Trinajstić information content (AvgIpc) is 3.14. The molecule has 0 radical (unpaired) electrons. The highest BCUT2D eigenvalue weighted by molar-refractivity contribution is 5.91. The zero-order valence-electron chi connectivity index (χ0n) is 13.5. The van der Waals surface area contributed by atoms with Gasteiger partial charge in [-0.15, -0.1) is 5.10 Å². The largest absolute Gasteiger partial charge is 0.337 e. The minimum Gasteiger partial charge on any atom is -0.337 e. The summed E-state index contributed by atoms with van der Waals surface area (Å²) in [6.07, 6.45) is 5.83. The molecular weight excluding hydrogens is 302 g/mol. The Labute approximate surface area is 140 Å². The Balaban J connectivity index is 1.69. The van der Waals surface area contributed by atoms with Crippen LogP contribution in [0.4, 0.5) is 0 Å². The first-order chi connectivity index (χ1) is 11.8. The maximum atomic E-state index is 12.6. The molecule has 0 N–H and O–H groups in total. The lowest BCUT2D eigenvalue weighted by atomic mass is 10.2. The van der Waals surface area contributed by atoms with Crippen molar-refractivity contribution in [1.29, 1.82) is 0 Å². The zero-order chi connectivity index (χ0) is 16.8. The number of carbonyl (C=O) groups excluding carboxylic acids is 1. The van der Waals surface area contributed by atoms with Crippen molar-refractivity contribution < 1.29 is 4.79 Å². The molecule has 0 bridgehead atoms. The second-order valence-corrected chi connectivity index (χ2v) is 5.35. The lowest BCUT2D eigenvalue weighted by Crippen LogP contribution is -2.33. The molecule has 0 saturated carbocycles. The summed E-state index contributed by atoms with van der Waals surface area (Å²) in [7, 11) is 0. The fraction of sp³-hybridized carbons (Fsp3) is 0.222. The van der Waals surface area contributed by atoms with Gasteiger partial charge in [0.05, 0.1) is 11.9 Å². The average molecular weight is 321 g/mol. The Morgan fingerprint density at radius 3 is 2.58 bits per heavy atom. The van der Waals surface area contributed by atoms with Gasteiger partial charge in [-0.2, -0.15) is 9.90 Å². The van der Waals surface area contributed by atoms with Crippen LogP contribution >= 0.6 is 0 Å². The van der Waals surface area contributed by atoms with Gasteiger partial charge in [0.15, 0.2) is 5.69 Å². The third kappa shape index (κ3) is 3.65. The SMILES string of the molecule is CCN(CCc1ccncc1)C(=O)c1cnn(-c2ccccc2)n1. The van der Waals surface area contributed by atoms with Crippen LogP contribution in [0.3, 0.4) is 0 Å². The van der Waals surface area contributed by atoms with Crippen molar-refractivity contribution >= 4 is 5.91 Å². The summed E-state index contributed by atoms with van der Waals surface area (Å²) in [5, 5.41) is 8.50. The summed E-state index contributed by atoms with van der Waals surface area (Å²) in [5.74, 6) is -0.103. The van der Waals surface area contributed by atoms with Crippen LogP contribution in [0.1, 0.15) is 23.0 Å². The summed E-state index contributed by atoms with van der Waals surface area (Å²) >= 11 is 0. The van der Waals surface area contributed by atoms with Crippen LogP contribution in [-0.2, 0) is 6.42 Å². The summed E-state index contributed by atoms with van der Waals surface area (Å²) < 4.78 is 0. The van der Waals surface area contributed by atoms with E-state index in [2.05, 4.69) is 15.2 Å². The number of para-hydroxylation sites is 1. The van der Waals surface area contributed by atoms with Crippen molar-refractivity contribution in [3.8, 4) is 5.69 Å². The van der Waals surface area contributed by atoms with Crippen LogP contribution in [0.2, 0.25) is 0 Å². The van der Waals surface area contributed by atoms with Crippen LogP contribution in [0, 0.1) is 0 Å². The number of pyridine rings is 1. The molecule has 24 heavy (non-hydrogen) atoms. The highest BCUT2D eigenvalue weighted by Crippen LogP contribution is 2.07. The minimum atomic E-state index is -0.103. The molecule has 3 rings (SSSR count). The number of rotatable bonds is 6. The first-order valence-electron chi connectivity index (χ1n) is 7.94. The molecule has 0 fully saturated rings. The van der Waals surface area contributed by atoms with Gasteiger partial charge in [0, 0.05) is 25.5 Å². The lowest BCUT2D eigenvalue weighted by molar-refractivity contribution is 0.0760. The number of aromatic nitrogens is 4. The van der Waals surface area contributed by atoms with E-state index < -0.39 is 0 Å². The van der Waals surface area contributed by atoms with Gasteiger partial charge in [0.25, 0.3) is 5.91 Å². The molecule has 6 nitrogen and oxygen atoms in total. The minimum absolute atomic E-state index is 0.103. The van der Waals surface area contributed by atoms with Crippen LogP contribution in [-0.4, -0.2) is 43.9 Å². The second kappa shape index (κ2) is 7.50. The third-order valence-electron chi connectivity index (χ3n) is 3.79. The van der Waals surface area contributed by atoms with E-state index in [1.165, 1.54) is 11.0 Å². The highest BCUT2D eigenvalue weighted by atomic mass is 16.2. The number of benzene rings is 1. The molecule has 0 aliphatic carbocycles. The topological polar surface area (TPSA) is 63.9 Å². The molecule has 0 atom stereocenters. The van der Waals surface area contributed by atoms with Gasteiger partial charge in [0.1, 0.15) is 0 Å². The summed E-state index contributed by atoms with van der Waals surface area (Å²) in [6, 6.07) is 13.5. The standard InChI is InChI=1S/C18H19N5O/c1-2-22(13-10-15-8-11-19-12-9-15)18(24)17-14-20-23(21-17)16-6-4-3-5-7-16/h3-9,11-12,14H,2,10,13H2,1H3. The van der Waals surface area contributed by atoms with Crippen molar-refractivity contribution in [3.05, 3.63) is 72.3 Å². The van der Waals surface area contributed by atoms with E-state index in [1.807, 2.05) is 49.4 Å². The molecule has 1 amide bonds. The predicted octanol–water partition coefficient (Wildman–Crippen LogP) is 2.37. The summed E-state index contributed by atoms with van der Waals surface area (Å²) in [4.78, 5) is 19.9. The van der Waals surface area contributed by atoms with Crippen molar-refractivity contribution in [2.75, 3.05) is 13.1 Å². The summed E-state index contributed by atoms with van der Waals surface area (Å²) in [6.45, 7) is 3.23. The van der Waals surface area contributed by atoms with E-state index in [0.717, 1.165) is 17.7 Å². The Morgan fingerprint density at radius 2 is 1.88 bits per heavy atom. The number of nitrogens with zero attached hydrogens (tertiary/aromatic N) is 5. The quantitative estimate of drug-likeness (QED) is 0.699. The van der Waals surface area contributed by atoms with Crippen molar-refractivity contribution in [2.45, 2.75) is 13.3 Å². The van der Waals surface area contributed by atoms with Crippen molar-refractivity contribution in [3.63, 3.8) is 0 Å². The maximum absolute atomic E-state index is 12.6. The molecule has 0 aliphatic heterocycles. The first-order valence-corrected chi connectivity index (χ1v) is 7.94. The third-order valence-corrected chi connectivity index (χ3v) is 3.79. The van der Waals surface area contributed by atoms with Crippen LogP contribution < -0.4 is 0 Å². The molecule has 0 aliphatic rings. The fourth-order valence-corrected chi connectivity index (χ4v) is 2.43. The van der Waals surface area contributed by atoms with Crippen LogP contribution in [0.15, 0.2) is 61.1 Å². The van der Waals surface area contributed by atoms with Crippen molar-refractivity contribution in [2.24, 2.45) is 0 Å². The molecular formula is C18H19N5O. The lowest BCUT2D eigenvalue weighted by Gasteiger charge is -2.19.